The summed E-state index contributed by atoms with van der Waals surface area (Å²) in [5.41, 5.74) is 2.32. The zero-order chi connectivity index (χ0) is 15.9. The first-order valence-corrected chi connectivity index (χ1v) is 7.31. The van der Waals surface area contributed by atoms with Crippen molar-refractivity contribution in [1.82, 2.24) is 0 Å². The van der Waals surface area contributed by atoms with Gasteiger partial charge in [-0.05, 0) is 30.3 Å². The molecule has 0 radical (unpaired) electrons. The fourth-order valence-electron chi connectivity index (χ4n) is 2.18. The Morgan fingerprint density at radius 1 is 1.23 bits per heavy atom. The molecule has 1 atom stereocenters. The topological polar surface area (TPSA) is 57.3 Å². The van der Waals surface area contributed by atoms with Gasteiger partial charge in [0.15, 0.2) is 6.54 Å². The van der Waals surface area contributed by atoms with Crippen LogP contribution in [0.1, 0.15) is 11.1 Å². The van der Waals surface area contributed by atoms with Crippen molar-refractivity contribution in [1.29, 1.82) is 5.26 Å². The molecule has 4 nitrogen and oxygen atoms in total. The second kappa shape index (κ2) is 7.60. The number of likely N-dealkylation sites (N-methyl/N-ethyl adjacent to an activating group) is 1. The number of benzene rings is 2. The van der Waals surface area contributed by atoms with Crippen LogP contribution in [0.4, 0.5) is 5.69 Å². The Balaban J connectivity index is 1.91. The molecule has 22 heavy (non-hydrogen) atoms. The minimum atomic E-state index is -0.0748. The molecule has 0 aliphatic rings. The van der Waals surface area contributed by atoms with E-state index in [4.69, 9.17) is 16.9 Å². The van der Waals surface area contributed by atoms with Crippen molar-refractivity contribution in [2.75, 3.05) is 18.9 Å². The zero-order valence-electron chi connectivity index (χ0n) is 12.3. The summed E-state index contributed by atoms with van der Waals surface area (Å²) in [6.45, 7) is 0.945. The number of halogens is 1. The highest BCUT2D eigenvalue weighted by atomic mass is 35.5. The average molecular weight is 315 g/mol. The molecule has 1 amide bonds. The summed E-state index contributed by atoms with van der Waals surface area (Å²) in [7, 11) is 1.93. The number of nitriles is 1. The Labute approximate surface area is 134 Å². The lowest BCUT2D eigenvalue weighted by atomic mass is 10.1. The lowest BCUT2D eigenvalue weighted by molar-refractivity contribution is -0.885. The molecule has 0 aliphatic carbocycles. The van der Waals surface area contributed by atoms with Crippen molar-refractivity contribution in [2.24, 2.45) is 0 Å². The number of nitrogens with one attached hydrogen (secondary N) is 2. The van der Waals surface area contributed by atoms with Crippen LogP contribution in [-0.2, 0) is 11.3 Å². The second-order valence-corrected chi connectivity index (χ2v) is 5.57. The van der Waals surface area contributed by atoms with Crippen LogP contribution in [0.3, 0.4) is 0 Å². The molecule has 2 aromatic rings. The number of carbonyl (C=O) groups is 1. The molecular weight excluding hydrogens is 298 g/mol. The van der Waals surface area contributed by atoms with Crippen molar-refractivity contribution in [3.63, 3.8) is 0 Å². The molecule has 0 aliphatic heterocycles. The summed E-state index contributed by atoms with van der Waals surface area (Å²) in [6, 6.07) is 16.6. The summed E-state index contributed by atoms with van der Waals surface area (Å²) in [5.74, 6) is -0.0748. The molecule has 112 valence electrons. The van der Waals surface area contributed by atoms with E-state index in [1.165, 1.54) is 0 Å². The van der Waals surface area contributed by atoms with E-state index in [1.807, 2.05) is 25.2 Å². The lowest BCUT2D eigenvalue weighted by Gasteiger charge is -2.14. The Hall–Kier alpha value is -2.35. The van der Waals surface area contributed by atoms with Crippen molar-refractivity contribution in [3.8, 4) is 6.07 Å². The number of amides is 1. The minimum Gasteiger partial charge on any atom is -0.326 e. The molecule has 0 spiro atoms. The number of quaternary nitrogens is 1. The summed E-state index contributed by atoms with van der Waals surface area (Å²) >= 11 is 5.81. The van der Waals surface area contributed by atoms with Crippen LogP contribution >= 0.6 is 11.6 Å². The number of hydrogen-bond donors (Lipinski definition) is 2. The van der Waals surface area contributed by atoms with Crippen molar-refractivity contribution in [3.05, 3.63) is 64.7 Å². The molecule has 2 N–H and O–H groups in total. The first-order chi connectivity index (χ1) is 10.6. The van der Waals surface area contributed by atoms with E-state index in [2.05, 4.69) is 11.4 Å². The maximum absolute atomic E-state index is 12.0. The Bertz CT molecular complexity index is 692. The maximum Gasteiger partial charge on any atom is 0.279 e. The van der Waals surface area contributed by atoms with Gasteiger partial charge < -0.3 is 10.2 Å². The summed E-state index contributed by atoms with van der Waals surface area (Å²) in [5, 5.41) is 12.5. The first-order valence-electron chi connectivity index (χ1n) is 6.93. The van der Waals surface area contributed by atoms with Crippen LogP contribution in [-0.4, -0.2) is 19.5 Å². The van der Waals surface area contributed by atoms with Gasteiger partial charge in [-0.25, -0.2) is 0 Å². The lowest BCUT2D eigenvalue weighted by Crippen LogP contribution is -3.08. The van der Waals surface area contributed by atoms with Crippen molar-refractivity contribution < 1.29 is 9.69 Å². The monoisotopic (exact) mass is 314 g/mol. The smallest absolute Gasteiger partial charge is 0.279 e. The predicted octanol–water partition coefficient (Wildman–Crippen LogP) is 1.87. The normalized spacial score (nSPS) is 11.5. The van der Waals surface area contributed by atoms with Gasteiger partial charge >= 0.3 is 0 Å². The van der Waals surface area contributed by atoms with Crippen LogP contribution in [0.25, 0.3) is 0 Å². The van der Waals surface area contributed by atoms with Gasteiger partial charge in [0.2, 0.25) is 0 Å². The van der Waals surface area contributed by atoms with E-state index < -0.39 is 0 Å². The molecule has 0 bridgehead atoms. The standard InChI is InChI=1S/C17H16ClN3O/c1-21(11-14-5-3-2-4-13(14)10-19)12-17(22)20-16-8-6-15(18)7-9-16/h2-9H,11-12H2,1H3,(H,20,22)/p+1. The van der Waals surface area contributed by atoms with E-state index in [1.54, 1.807) is 30.3 Å². The highest BCUT2D eigenvalue weighted by Gasteiger charge is 2.12. The highest BCUT2D eigenvalue weighted by molar-refractivity contribution is 6.30. The SMILES string of the molecule is C[NH+](CC(=O)Nc1ccc(Cl)cc1)Cc1ccccc1C#N. The van der Waals surface area contributed by atoms with Gasteiger partial charge in [0.1, 0.15) is 6.54 Å². The van der Waals surface area contributed by atoms with Gasteiger partial charge in [-0.1, -0.05) is 29.8 Å². The van der Waals surface area contributed by atoms with E-state index in [0.29, 0.717) is 23.7 Å². The summed E-state index contributed by atoms with van der Waals surface area (Å²) < 4.78 is 0. The number of hydrogen-bond acceptors (Lipinski definition) is 2. The van der Waals surface area contributed by atoms with Gasteiger partial charge in [-0.15, -0.1) is 0 Å². The van der Waals surface area contributed by atoms with Crippen molar-refractivity contribution >= 4 is 23.2 Å². The third-order valence-corrected chi connectivity index (χ3v) is 3.47. The predicted molar refractivity (Wildman–Crippen MR) is 86.7 cm³/mol. The van der Waals surface area contributed by atoms with Crippen LogP contribution in [0, 0.1) is 11.3 Å². The molecule has 0 fully saturated rings. The number of carbonyl (C=O) groups excluding carboxylic acids is 1. The largest absolute Gasteiger partial charge is 0.326 e. The fourth-order valence-corrected chi connectivity index (χ4v) is 2.31. The van der Waals surface area contributed by atoms with E-state index >= 15 is 0 Å². The van der Waals surface area contributed by atoms with Gasteiger partial charge in [0, 0.05) is 16.3 Å². The fraction of sp³-hybridized carbons (Fsp3) is 0.176. The van der Waals surface area contributed by atoms with E-state index in [0.717, 1.165) is 16.2 Å². The van der Waals surface area contributed by atoms with Crippen LogP contribution < -0.4 is 10.2 Å². The van der Waals surface area contributed by atoms with E-state index in [9.17, 15) is 4.79 Å². The Kier molecular flexibility index (Phi) is 5.54. The van der Waals surface area contributed by atoms with Gasteiger partial charge in [-0.2, -0.15) is 5.26 Å². The van der Waals surface area contributed by atoms with Gasteiger partial charge in [0.05, 0.1) is 18.7 Å². The van der Waals surface area contributed by atoms with E-state index in [-0.39, 0.29) is 5.91 Å². The summed E-state index contributed by atoms with van der Waals surface area (Å²) in [4.78, 5) is 13.0. The molecule has 5 heteroatoms. The molecule has 2 aromatic carbocycles. The van der Waals surface area contributed by atoms with Crippen LogP contribution in [0.2, 0.25) is 5.02 Å². The van der Waals surface area contributed by atoms with Crippen LogP contribution in [0.15, 0.2) is 48.5 Å². The highest BCUT2D eigenvalue weighted by Crippen LogP contribution is 2.12. The summed E-state index contributed by atoms with van der Waals surface area (Å²) in [6.07, 6.45) is 0. The number of anilines is 1. The van der Waals surface area contributed by atoms with Crippen molar-refractivity contribution in [2.45, 2.75) is 6.54 Å². The quantitative estimate of drug-likeness (QED) is 0.885. The Morgan fingerprint density at radius 3 is 2.59 bits per heavy atom. The molecule has 1 unspecified atom stereocenters. The molecule has 0 aromatic heterocycles. The van der Waals surface area contributed by atoms with Gasteiger partial charge in [0.25, 0.3) is 5.91 Å². The van der Waals surface area contributed by atoms with Gasteiger partial charge in [-0.3, -0.25) is 4.79 Å². The molecule has 0 saturated heterocycles. The minimum absolute atomic E-state index is 0.0748. The second-order valence-electron chi connectivity index (χ2n) is 5.13. The third-order valence-electron chi connectivity index (χ3n) is 3.22. The first kappa shape index (κ1) is 16.0. The van der Waals surface area contributed by atoms with Crippen LogP contribution in [0.5, 0.6) is 0 Å². The zero-order valence-corrected chi connectivity index (χ0v) is 13.0. The molecule has 0 heterocycles. The maximum atomic E-state index is 12.0. The average Bonchev–Trinajstić information content (AvgIpc) is 2.50. The number of nitrogens with zero attached hydrogens (tertiary/aromatic N) is 1. The molecule has 2 rings (SSSR count). The molecule has 0 saturated carbocycles. The third kappa shape index (κ3) is 4.59. The molecular formula is C17H17ClN3O+. The number of rotatable bonds is 5. The Morgan fingerprint density at radius 2 is 1.91 bits per heavy atom.